The SMILES string of the molecule is COC(=O)[C@H](N)c1c(C)c(C)c(C)c(C)c1C. The van der Waals surface area contributed by atoms with Crippen molar-refractivity contribution in [3.63, 3.8) is 0 Å². The Labute approximate surface area is 103 Å². The van der Waals surface area contributed by atoms with Crippen LogP contribution >= 0.6 is 0 Å². The lowest BCUT2D eigenvalue weighted by atomic mass is 9.86. The van der Waals surface area contributed by atoms with E-state index < -0.39 is 6.04 Å². The van der Waals surface area contributed by atoms with Gasteiger partial charge in [0, 0.05) is 0 Å². The van der Waals surface area contributed by atoms with Gasteiger partial charge in [-0.05, 0) is 68.0 Å². The molecule has 17 heavy (non-hydrogen) atoms. The Bertz CT molecular complexity index is 435. The number of hydrogen-bond donors (Lipinski definition) is 1. The second kappa shape index (κ2) is 4.88. The van der Waals surface area contributed by atoms with Crippen LogP contribution in [0.2, 0.25) is 0 Å². The van der Waals surface area contributed by atoms with E-state index in [0.717, 1.165) is 16.7 Å². The third kappa shape index (κ3) is 2.20. The topological polar surface area (TPSA) is 52.3 Å². The van der Waals surface area contributed by atoms with Crippen LogP contribution in [0.25, 0.3) is 0 Å². The molecule has 0 amide bonds. The maximum absolute atomic E-state index is 11.6. The number of nitrogens with two attached hydrogens (primary N) is 1. The summed E-state index contributed by atoms with van der Waals surface area (Å²) in [6.07, 6.45) is 0. The Morgan fingerprint density at radius 2 is 1.29 bits per heavy atom. The smallest absolute Gasteiger partial charge is 0.327 e. The van der Waals surface area contributed by atoms with Crippen molar-refractivity contribution < 1.29 is 9.53 Å². The summed E-state index contributed by atoms with van der Waals surface area (Å²) in [5, 5.41) is 0. The normalized spacial score (nSPS) is 12.4. The Morgan fingerprint density at radius 1 is 0.941 bits per heavy atom. The van der Waals surface area contributed by atoms with Gasteiger partial charge >= 0.3 is 5.97 Å². The zero-order chi connectivity index (χ0) is 13.3. The number of rotatable bonds is 2. The van der Waals surface area contributed by atoms with E-state index in [1.807, 2.05) is 13.8 Å². The van der Waals surface area contributed by atoms with Crippen molar-refractivity contribution >= 4 is 5.97 Å². The summed E-state index contributed by atoms with van der Waals surface area (Å²) < 4.78 is 4.72. The highest BCUT2D eigenvalue weighted by Crippen LogP contribution is 2.29. The molecule has 0 bridgehead atoms. The van der Waals surface area contributed by atoms with Crippen LogP contribution in [0.4, 0.5) is 0 Å². The first-order chi connectivity index (χ1) is 7.82. The molecule has 1 atom stereocenters. The van der Waals surface area contributed by atoms with Gasteiger partial charge in [-0.3, -0.25) is 4.79 Å². The van der Waals surface area contributed by atoms with Crippen LogP contribution in [0.5, 0.6) is 0 Å². The predicted octanol–water partition coefficient (Wildman–Crippen LogP) is 2.40. The maximum atomic E-state index is 11.6. The van der Waals surface area contributed by atoms with E-state index >= 15 is 0 Å². The van der Waals surface area contributed by atoms with E-state index in [2.05, 4.69) is 20.8 Å². The molecule has 0 heterocycles. The van der Waals surface area contributed by atoms with Crippen molar-refractivity contribution in [3.8, 4) is 0 Å². The highest BCUT2D eigenvalue weighted by atomic mass is 16.5. The van der Waals surface area contributed by atoms with Gasteiger partial charge in [0.05, 0.1) is 7.11 Å². The summed E-state index contributed by atoms with van der Waals surface area (Å²) in [5.41, 5.74) is 12.7. The first-order valence-corrected chi connectivity index (χ1v) is 5.73. The molecule has 0 radical (unpaired) electrons. The van der Waals surface area contributed by atoms with Crippen LogP contribution in [0.3, 0.4) is 0 Å². The van der Waals surface area contributed by atoms with Gasteiger partial charge in [-0.15, -0.1) is 0 Å². The van der Waals surface area contributed by atoms with Crippen LogP contribution in [0.15, 0.2) is 0 Å². The maximum Gasteiger partial charge on any atom is 0.327 e. The molecule has 0 saturated carbocycles. The Balaban J connectivity index is 3.49. The number of esters is 1. The zero-order valence-electron chi connectivity index (χ0n) is 11.5. The van der Waals surface area contributed by atoms with Crippen LogP contribution in [-0.2, 0) is 9.53 Å². The first-order valence-electron chi connectivity index (χ1n) is 5.73. The van der Waals surface area contributed by atoms with Crippen molar-refractivity contribution in [2.45, 2.75) is 40.7 Å². The van der Waals surface area contributed by atoms with E-state index in [4.69, 9.17) is 10.5 Å². The number of hydrogen-bond acceptors (Lipinski definition) is 3. The highest BCUT2D eigenvalue weighted by Gasteiger charge is 2.23. The molecular weight excluding hydrogens is 214 g/mol. The van der Waals surface area contributed by atoms with Crippen molar-refractivity contribution in [2.24, 2.45) is 5.73 Å². The van der Waals surface area contributed by atoms with Gasteiger partial charge in [-0.25, -0.2) is 0 Å². The summed E-state index contributed by atoms with van der Waals surface area (Å²) in [4.78, 5) is 11.6. The molecule has 1 aromatic carbocycles. The molecule has 94 valence electrons. The number of carbonyl (C=O) groups excluding carboxylic acids is 1. The molecule has 0 spiro atoms. The fourth-order valence-electron chi connectivity index (χ4n) is 2.24. The van der Waals surface area contributed by atoms with Gasteiger partial charge < -0.3 is 10.5 Å². The van der Waals surface area contributed by atoms with Crippen molar-refractivity contribution in [1.29, 1.82) is 0 Å². The Morgan fingerprint density at radius 3 is 1.65 bits per heavy atom. The minimum atomic E-state index is -0.696. The van der Waals surface area contributed by atoms with E-state index in [1.54, 1.807) is 0 Å². The molecule has 0 aromatic heterocycles. The third-order valence-electron chi connectivity index (χ3n) is 3.82. The monoisotopic (exact) mass is 235 g/mol. The van der Waals surface area contributed by atoms with Crippen LogP contribution < -0.4 is 5.73 Å². The van der Waals surface area contributed by atoms with Gasteiger partial charge in [0.1, 0.15) is 6.04 Å². The van der Waals surface area contributed by atoms with E-state index in [9.17, 15) is 4.79 Å². The molecule has 2 N–H and O–H groups in total. The molecule has 1 aromatic rings. The minimum absolute atomic E-state index is 0.390. The molecule has 0 aliphatic heterocycles. The molecule has 1 rings (SSSR count). The standard InChI is InChI=1S/C14H21NO2/c1-7-8(2)10(4)12(11(5)9(7)3)13(15)14(16)17-6/h13H,15H2,1-6H3/t13-/m1/s1. The minimum Gasteiger partial charge on any atom is -0.468 e. The Kier molecular flexibility index (Phi) is 3.94. The first kappa shape index (κ1) is 13.7. The van der Waals surface area contributed by atoms with E-state index in [0.29, 0.717) is 0 Å². The van der Waals surface area contributed by atoms with Crippen LogP contribution in [-0.4, -0.2) is 13.1 Å². The summed E-state index contributed by atoms with van der Waals surface area (Å²) >= 11 is 0. The van der Waals surface area contributed by atoms with Crippen molar-refractivity contribution in [2.75, 3.05) is 7.11 Å². The van der Waals surface area contributed by atoms with Gasteiger partial charge in [0.25, 0.3) is 0 Å². The van der Waals surface area contributed by atoms with Crippen LogP contribution in [0.1, 0.15) is 39.4 Å². The van der Waals surface area contributed by atoms with E-state index in [-0.39, 0.29) is 5.97 Å². The molecule has 3 heteroatoms. The lowest BCUT2D eigenvalue weighted by Crippen LogP contribution is -2.25. The molecule has 3 nitrogen and oxygen atoms in total. The second-order valence-corrected chi connectivity index (χ2v) is 4.54. The average molecular weight is 235 g/mol. The molecule has 0 aliphatic rings. The molecule has 0 unspecified atom stereocenters. The lowest BCUT2D eigenvalue weighted by Gasteiger charge is -2.21. The van der Waals surface area contributed by atoms with Crippen molar-refractivity contribution in [1.82, 2.24) is 0 Å². The molecule has 0 fully saturated rings. The summed E-state index contributed by atoms with van der Waals surface area (Å²) in [7, 11) is 1.36. The summed E-state index contributed by atoms with van der Waals surface area (Å²) in [6.45, 7) is 10.2. The average Bonchev–Trinajstić information content (AvgIpc) is 2.32. The van der Waals surface area contributed by atoms with Crippen LogP contribution in [0, 0.1) is 34.6 Å². The largest absolute Gasteiger partial charge is 0.468 e. The Hall–Kier alpha value is -1.35. The van der Waals surface area contributed by atoms with Gasteiger partial charge in [-0.2, -0.15) is 0 Å². The van der Waals surface area contributed by atoms with E-state index in [1.165, 1.54) is 23.8 Å². The number of methoxy groups -OCH3 is 1. The highest BCUT2D eigenvalue weighted by molar-refractivity contribution is 5.79. The molecule has 0 aliphatic carbocycles. The predicted molar refractivity (Wildman–Crippen MR) is 69.1 cm³/mol. The fraction of sp³-hybridized carbons (Fsp3) is 0.500. The quantitative estimate of drug-likeness (QED) is 0.801. The number of ether oxygens (including phenoxy) is 1. The molecular formula is C14H21NO2. The third-order valence-corrected chi connectivity index (χ3v) is 3.82. The number of carbonyl (C=O) groups is 1. The fourth-order valence-corrected chi connectivity index (χ4v) is 2.24. The number of benzene rings is 1. The van der Waals surface area contributed by atoms with Gasteiger partial charge in [0.15, 0.2) is 0 Å². The lowest BCUT2D eigenvalue weighted by molar-refractivity contribution is -0.142. The second-order valence-electron chi connectivity index (χ2n) is 4.54. The summed E-state index contributed by atoms with van der Waals surface area (Å²) in [6, 6.07) is -0.696. The molecule has 0 saturated heterocycles. The van der Waals surface area contributed by atoms with Gasteiger partial charge in [0.2, 0.25) is 0 Å². The summed E-state index contributed by atoms with van der Waals surface area (Å²) in [5.74, 6) is -0.390. The van der Waals surface area contributed by atoms with Crippen molar-refractivity contribution in [3.05, 3.63) is 33.4 Å². The zero-order valence-corrected chi connectivity index (χ0v) is 11.5. The van der Waals surface area contributed by atoms with Gasteiger partial charge in [-0.1, -0.05) is 0 Å².